The lowest BCUT2D eigenvalue weighted by molar-refractivity contribution is -0.898. The van der Waals surface area contributed by atoms with Crippen LogP contribution in [0.2, 0.25) is 5.02 Å². The van der Waals surface area contributed by atoms with Crippen LogP contribution in [0.4, 0.5) is 5.82 Å². The van der Waals surface area contributed by atoms with Crippen LogP contribution in [-0.2, 0) is 0 Å². The van der Waals surface area contributed by atoms with Crippen molar-refractivity contribution in [3.63, 3.8) is 0 Å². The molecular formula is C24H25ClN5+. The van der Waals surface area contributed by atoms with E-state index in [1.54, 1.807) is 11.2 Å². The molecule has 0 aliphatic carbocycles. The molecule has 0 saturated carbocycles. The number of benzene rings is 2. The molecule has 1 aliphatic heterocycles. The summed E-state index contributed by atoms with van der Waals surface area (Å²) < 4.78 is 2.13. The smallest absolute Gasteiger partial charge is 0.150 e. The van der Waals surface area contributed by atoms with Gasteiger partial charge in [0.1, 0.15) is 12.1 Å². The summed E-state index contributed by atoms with van der Waals surface area (Å²) in [6.45, 7) is 7.72. The number of likely N-dealkylation sites (N-methyl/N-ethyl adjacent to an activating group) is 1. The molecule has 1 aliphatic rings. The molecule has 2 aromatic carbocycles. The van der Waals surface area contributed by atoms with Gasteiger partial charge < -0.3 is 14.4 Å². The van der Waals surface area contributed by atoms with Gasteiger partial charge in [0, 0.05) is 22.5 Å². The number of nitrogens with one attached hydrogen (secondary N) is 1. The van der Waals surface area contributed by atoms with Crippen molar-refractivity contribution in [3.05, 3.63) is 72.1 Å². The number of halogens is 1. The van der Waals surface area contributed by atoms with E-state index in [4.69, 9.17) is 21.6 Å². The van der Waals surface area contributed by atoms with Gasteiger partial charge in [0.05, 0.1) is 38.1 Å². The van der Waals surface area contributed by atoms with Gasteiger partial charge in [-0.2, -0.15) is 0 Å². The minimum Gasteiger partial charge on any atom is -0.345 e. The molecule has 3 heterocycles. The van der Waals surface area contributed by atoms with Gasteiger partial charge in [-0.1, -0.05) is 48.0 Å². The molecule has 0 unspecified atom stereocenters. The van der Waals surface area contributed by atoms with Gasteiger partial charge in [0.25, 0.3) is 0 Å². The number of anilines is 1. The van der Waals surface area contributed by atoms with Crippen molar-refractivity contribution in [2.75, 3.05) is 37.6 Å². The average Bonchev–Trinajstić information content (AvgIpc) is 3.20. The Hall–Kier alpha value is -2.89. The van der Waals surface area contributed by atoms with Crippen LogP contribution in [0.3, 0.4) is 0 Å². The summed E-state index contributed by atoms with van der Waals surface area (Å²) in [5, 5.41) is 1.81. The number of nitrogens with zero attached hydrogens (tertiary/aromatic N) is 4. The van der Waals surface area contributed by atoms with Crippen LogP contribution in [0, 0.1) is 0 Å². The molecule has 0 amide bonds. The lowest BCUT2D eigenvalue weighted by atomic mass is 10.1. The fraction of sp³-hybridized carbons (Fsp3) is 0.250. The number of aromatic nitrogens is 3. The standard InChI is InChI=1S/C24H24ClN5/c1-2-28-11-13-29(14-12-28)23-22-21(18-7-4-3-5-8-18)16-30(24(22)27-17-26-23)20-10-6-9-19(25)15-20/h3-10,15-17H,2,11-14H2,1H3/p+1. The molecule has 152 valence electrons. The van der Waals surface area contributed by atoms with Crippen LogP contribution in [0.15, 0.2) is 67.1 Å². The van der Waals surface area contributed by atoms with Gasteiger partial charge in [-0.25, -0.2) is 9.97 Å². The van der Waals surface area contributed by atoms with Crippen LogP contribution >= 0.6 is 11.6 Å². The van der Waals surface area contributed by atoms with Crippen LogP contribution in [0.1, 0.15) is 6.92 Å². The van der Waals surface area contributed by atoms with Crippen molar-refractivity contribution in [2.45, 2.75) is 6.92 Å². The number of piperazine rings is 1. The van der Waals surface area contributed by atoms with Crippen LogP contribution in [0.25, 0.3) is 27.8 Å². The van der Waals surface area contributed by atoms with E-state index >= 15 is 0 Å². The van der Waals surface area contributed by atoms with Crippen molar-refractivity contribution in [1.29, 1.82) is 0 Å². The molecule has 5 nitrogen and oxygen atoms in total. The second kappa shape index (κ2) is 8.09. The molecule has 0 bridgehead atoms. The monoisotopic (exact) mass is 418 g/mol. The first-order chi connectivity index (χ1) is 14.7. The molecule has 1 N–H and O–H groups in total. The highest BCUT2D eigenvalue weighted by Crippen LogP contribution is 2.36. The van der Waals surface area contributed by atoms with Crippen molar-refractivity contribution >= 4 is 28.5 Å². The molecule has 6 heteroatoms. The maximum atomic E-state index is 6.29. The lowest BCUT2D eigenvalue weighted by Gasteiger charge is -2.32. The third-order valence-electron chi connectivity index (χ3n) is 6.00. The second-order valence-electron chi connectivity index (χ2n) is 7.75. The van der Waals surface area contributed by atoms with E-state index in [-0.39, 0.29) is 0 Å². The van der Waals surface area contributed by atoms with Crippen molar-refractivity contribution in [3.8, 4) is 16.8 Å². The van der Waals surface area contributed by atoms with Crippen LogP contribution in [-0.4, -0.2) is 47.3 Å². The topological polar surface area (TPSA) is 38.4 Å². The van der Waals surface area contributed by atoms with Crippen molar-refractivity contribution in [1.82, 2.24) is 14.5 Å². The third kappa shape index (κ3) is 3.44. The quantitative estimate of drug-likeness (QED) is 0.551. The van der Waals surface area contributed by atoms with E-state index < -0.39 is 0 Å². The summed E-state index contributed by atoms with van der Waals surface area (Å²) in [5.74, 6) is 1.02. The average molecular weight is 419 g/mol. The molecule has 4 aromatic rings. The normalized spacial score (nSPS) is 15.1. The minimum absolute atomic E-state index is 0.712. The highest BCUT2D eigenvalue weighted by molar-refractivity contribution is 6.30. The largest absolute Gasteiger partial charge is 0.345 e. The fourth-order valence-electron chi connectivity index (χ4n) is 4.33. The van der Waals surface area contributed by atoms with Gasteiger partial charge >= 0.3 is 0 Å². The first-order valence-corrected chi connectivity index (χ1v) is 10.9. The molecule has 0 spiro atoms. The van der Waals surface area contributed by atoms with E-state index in [1.807, 2.05) is 24.3 Å². The van der Waals surface area contributed by atoms with Gasteiger partial charge in [-0.3, -0.25) is 0 Å². The Labute approximate surface area is 181 Å². The Morgan fingerprint density at radius 1 is 1.00 bits per heavy atom. The predicted molar refractivity (Wildman–Crippen MR) is 123 cm³/mol. The second-order valence-corrected chi connectivity index (χ2v) is 8.18. The summed E-state index contributed by atoms with van der Waals surface area (Å²) >= 11 is 6.29. The summed E-state index contributed by atoms with van der Waals surface area (Å²) in [6, 6.07) is 18.4. The van der Waals surface area contributed by atoms with Crippen molar-refractivity contribution < 1.29 is 4.90 Å². The maximum absolute atomic E-state index is 6.29. The minimum atomic E-state index is 0.712. The highest BCUT2D eigenvalue weighted by Gasteiger charge is 2.25. The van der Waals surface area contributed by atoms with Crippen LogP contribution < -0.4 is 9.80 Å². The maximum Gasteiger partial charge on any atom is 0.150 e. The van der Waals surface area contributed by atoms with Gasteiger partial charge in [-0.05, 0) is 30.7 Å². The predicted octanol–water partition coefficient (Wildman–Crippen LogP) is 3.47. The number of rotatable bonds is 4. The third-order valence-corrected chi connectivity index (χ3v) is 6.24. The van der Waals surface area contributed by atoms with E-state index in [0.717, 1.165) is 59.8 Å². The zero-order valence-electron chi connectivity index (χ0n) is 17.1. The van der Waals surface area contributed by atoms with E-state index in [1.165, 1.54) is 6.54 Å². The molecule has 5 rings (SSSR count). The number of hydrogen-bond acceptors (Lipinski definition) is 3. The number of quaternary nitrogens is 1. The molecule has 30 heavy (non-hydrogen) atoms. The first kappa shape index (κ1) is 19.1. The highest BCUT2D eigenvalue weighted by atomic mass is 35.5. The molecule has 0 radical (unpaired) electrons. The summed E-state index contributed by atoms with van der Waals surface area (Å²) in [4.78, 5) is 13.5. The van der Waals surface area contributed by atoms with E-state index in [2.05, 4.69) is 52.9 Å². The van der Waals surface area contributed by atoms with E-state index in [9.17, 15) is 0 Å². The lowest BCUT2D eigenvalue weighted by Crippen LogP contribution is -3.14. The fourth-order valence-corrected chi connectivity index (χ4v) is 4.52. The summed E-state index contributed by atoms with van der Waals surface area (Å²) in [7, 11) is 0. The number of hydrogen-bond donors (Lipinski definition) is 1. The Balaban J connectivity index is 1.71. The summed E-state index contributed by atoms with van der Waals surface area (Å²) in [6.07, 6.45) is 3.85. The van der Waals surface area contributed by atoms with Crippen LogP contribution in [0.5, 0.6) is 0 Å². The van der Waals surface area contributed by atoms with E-state index in [0.29, 0.717) is 5.02 Å². The molecule has 1 saturated heterocycles. The Kier molecular flexibility index (Phi) is 5.15. The zero-order valence-corrected chi connectivity index (χ0v) is 17.8. The Morgan fingerprint density at radius 2 is 1.80 bits per heavy atom. The number of fused-ring (bicyclic) bond motifs is 1. The molecule has 1 fully saturated rings. The summed E-state index contributed by atoms with van der Waals surface area (Å²) in [5.41, 5.74) is 4.22. The van der Waals surface area contributed by atoms with Gasteiger partial charge in [-0.15, -0.1) is 0 Å². The zero-order chi connectivity index (χ0) is 20.5. The SMILES string of the molecule is CC[NH+]1CCN(c2ncnc3c2c(-c2ccccc2)cn3-c2cccc(Cl)c2)CC1. The van der Waals surface area contributed by atoms with Gasteiger partial charge in [0.15, 0.2) is 5.65 Å². The van der Waals surface area contributed by atoms with Gasteiger partial charge in [0.2, 0.25) is 0 Å². The molecule has 0 atom stereocenters. The molecular weight excluding hydrogens is 394 g/mol. The van der Waals surface area contributed by atoms with Crippen molar-refractivity contribution in [2.24, 2.45) is 0 Å². The first-order valence-electron chi connectivity index (χ1n) is 10.5. The molecule has 2 aromatic heterocycles. The Bertz CT molecular complexity index is 1160. The Morgan fingerprint density at radius 3 is 2.53 bits per heavy atom.